The molecule has 1 spiro atoms. The number of halogens is 4. The highest BCUT2D eigenvalue weighted by Gasteiger charge is 2.85. The van der Waals surface area contributed by atoms with Crippen LogP contribution in [0.4, 0.5) is 18.9 Å². The molecule has 3 aliphatic rings. The molecule has 116 valence electrons. The van der Waals surface area contributed by atoms with E-state index in [-0.39, 0.29) is 22.2 Å². The Bertz CT molecular complexity index is 704. The van der Waals surface area contributed by atoms with E-state index in [9.17, 15) is 18.3 Å². The van der Waals surface area contributed by atoms with Crippen LogP contribution in [0.5, 0.6) is 0 Å². The summed E-state index contributed by atoms with van der Waals surface area (Å²) in [5, 5.41) is 18.6. The molecular formula is C14H11ClF3N3O. The minimum Gasteiger partial charge on any atom is -0.382 e. The van der Waals surface area contributed by atoms with Crippen molar-refractivity contribution in [2.45, 2.75) is 37.2 Å². The Morgan fingerprint density at radius 1 is 1.50 bits per heavy atom. The zero-order chi connectivity index (χ0) is 15.9. The van der Waals surface area contributed by atoms with Crippen molar-refractivity contribution < 1.29 is 18.3 Å². The molecule has 2 saturated carbocycles. The molecule has 0 radical (unpaired) electrons. The van der Waals surface area contributed by atoms with E-state index in [0.717, 1.165) is 6.42 Å². The van der Waals surface area contributed by atoms with Crippen LogP contribution < -0.4 is 4.90 Å². The van der Waals surface area contributed by atoms with Gasteiger partial charge in [0.15, 0.2) is 11.8 Å². The van der Waals surface area contributed by atoms with Gasteiger partial charge in [0.05, 0.1) is 22.9 Å². The second kappa shape index (κ2) is 4.06. The zero-order valence-corrected chi connectivity index (χ0v) is 11.9. The van der Waals surface area contributed by atoms with Gasteiger partial charge in [-0.2, -0.15) is 18.4 Å². The van der Waals surface area contributed by atoms with E-state index in [1.54, 1.807) is 4.90 Å². The van der Waals surface area contributed by atoms with Gasteiger partial charge in [0.2, 0.25) is 0 Å². The number of rotatable bonds is 2. The molecule has 0 bridgehead atoms. The molecule has 22 heavy (non-hydrogen) atoms. The highest BCUT2D eigenvalue weighted by atomic mass is 35.5. The van der Waals surface area contributed by atoms with Crippen molar-refractivity contribution in [2.24, 2.45) is 11.3 Å². The van der Waals surface area contributed by atoms with Crippen LogP contribution in [-0.2, 0) is 0 Å². The Kier molecular flexibility index (Phi) is 2.60. The molecule has 4 rings (SSSR count). The van der Waals surface area contributed by atoms with Gasteiger partial charge in [-0.05, 0) is 30.2 Å². The molecule has 8 heteroatoms. The van der Waals surface area contributed by atoms with Crippen LogP contribution in [0.25, 0.3) is 0 Å². The maximum absolute atomic E-state index is 12.9. The molecule has 1 aliphatic heterocycles. The number of nitriles is 1. The van der Waals surface area contributed by atoms with Gasteiger partial charge < -0.3 is 10.0 Å². The van der Waals surface area contributed by atoms with Crippen molar-refractivity contribution in [2.75, 3.05) is 4.90 Å². The molecule has 2 aliphatic carbocycles. The van der Waals surface area contributed by atoms with Crippen LogP contribution in [0, 0.1) is 22.7 Å². The zero-order valence-electron chi connectivity index (χ0n) is 11.2. The van der Waals surface area contributed by atoms with E-state index in [0.29, 0.717) is 18.0 Å². The molecule has 3 fully saturated rings. The van der Waals surface area contributed by atoms with Crippen LogP contribution in [0.3, 0.4) is 0 Å². The van der Waals surface area contributed by atoms with E-state index in [1.165, 1.54) is 12.3 Å². The number of pyridine rings is 1. The molecule has 1 saturated heterocycles. The first-order chi connectivity index (χ1) is 10.3. The fraction of sp³-hybridized carbons (Fsp3) is 0.571. The number of piperidine rings is 1. The molecular weight excluding hydrogens is 319 g/mol. The summed E-state index contributed by atoms with van der Waals surface area (Å²) in [6.45, 7) is 0. The third-order valence-electron chi connectivity index (χ3n) is 5.22. The molecule has 4 nitrogen and oxygen atoms in total. The number of alkyl halides is 3. The van der Waals surface area contributed by atoms with E-state index >= 15 is 0 Å². The standard InChI is InChI=1S/C14H11ClF3N3O/c15-8-1-6(5-20-9(8)4-19)21-10(12(22)14(16,17)18)3-13-2-7(13)11(13)21/h1,5,7,10-12,22H,2-3H2/t7-,10+,11?,12-,13+/m0/s1. The summed E-state index contributed by atoms with van der Waals surface area (Å²) in [6, 6.07) is 2.29. The summed E-state index contributed by atoms with van der Waals surface area (Å²) in [7, 11) is 0. The fourth-order valence-corrected chi connectivity index (χ4v) is 4.18. The molecule has 0 aromatic carbocycles. The summed E-state index contributed by atoms with van der Waals surface area (Å²) in [4.78, 5) is 5.49. The number of aliphatic hydroxyl groups excluding tert-OH is 1. The molecule has 1 unspecified atom stereocenters. The van der Waals surface area contributed by atoms with Crippen molar-refractivity contribution in [3.05, 3.63) is 23.0 Å². The molecule has 1 aromatic rings. The summed E-state index contributed by atoms with van der Waals surface area (Å²) < 4.78 is 38.7. The first kappa shape index (κ1) is 14.1. The summed E-state index contributed by atoms with van der Waals surface area (Å²) in [6.07, 6.45) is -4.44. The van der Waals surface area contributed by atoms with Crippen molar-refractivity contribution in [1.82, 2.24) is 4.98 Å². The number of fused-ring (bicyclic) bond motifs is 1. The Balaban J connectivity index is 1.69. The van der Waals surface area contributed by atoms with Gasteiger partial charge in [-0.1, -0.05) is 11.6 Å². The summed E-state index contributed by atoms with van der Waals surface area (Å²) >= 11 is 5.94. The first-order valence-electron chi connectivity index (χ1n) is 6.88. The average Bonchev–Trinajstić information content (AvgIpc) is 3.27. The van der Waals surface area contributed by atoms with Crippen molar-refractivity contribution >= 4 is 17.3 Å². The normalized spacial score (nSPS) is 36.4. The Morgan fingerprint density at radius 3 is 2.77 bits per heavy atom. The van der Waals surface area contributed by atoms with Crippen LogP contribution in [-0.4, -0.2) is 34.5 Å². The highest BCUT2D eigenvalue weighted by molar-refractivity contribution is 6.31. The van der Waals surface area contributed by atoms with Crippen LogP contribution in [0.15, 0.2) is 12.3 Å². The number of nitrogens with zero attached hydrogens (tertiary/aromatic N) is 3. The molecule has 2 heterocycles. The highest BCUT2D eigenvalue weighted by Crippen LogP contribution is 2.83. The Morgan fingerprint density at radius 2 is 2.23 bits per heavy atom. The van der Waals surface area contributed by atoms with Gasteiger partial charge >= 0.3 is 6.18 Å². The topological polar surface area (TPSA) is 60.2 Å². The van der Waals surface area contributed by atoms with Gasteiger partial charge in [0, 0.05) is 6.04 Å². The Hall–Kier alpha value is -1.52. The predicted molar refractivity (Wildman–Crippen MR) is 71.2 cm³/mol. The molecule has 1 N–H and O–H groups in total. The second-order valence-electron chi connectivity index (χ2n) is 6.29. The van der Waals surface area contributed by atoms with Gasteiger partial charge in [-0.25, -0.2) is 4.98 Å². The van der Waals surface area contributed by atoms with Crippen LogP contribution in [0.2, 0.25) is 5.02 Å². The third-order valence-corrected chi connectivity index (χ3v) is 5.50. The number of anilines is 1. The second-order valence-corrected chi connectivity index (χ2v) is 6.70. The number of hydrogen-bond acceptors (Lipinski definition) is 4. The predicted octanol–water partition coefficient (Wildman–Crippen LogP) is 2.50. The fourth-order valence-electron chi connectivity index (χ4n) is 3.98. The first-order valence-corrected chi connectivity index (χ1v) is 7.26. The van der Waals surface area contributed by atoms with E-state index in [1.807, 2.05) is 6.07 Å². The van der Waals surface area contributed by atoms with Gasteiger partial charge in [0.25, 0.3) is 0 Å². The summed E-state index contributed by atoms with van der Waals surface area (Å²) in [5.74, 6) is 0.415. The number of hydrogen-bond donors (Lipinski definition) is 1. The lowest BCUT2D eigenvalue weighted by molar-refractivity contribution is -0.209. The maximum atomic E-state index is 12.9. The number of aliphatic hydroxyl groups is 1. The van der Waals surface area contributed by atoms with E-state index in [4.69, 9.17) is 16.9 Å². The van der Waals surface area contributed by atoms with Gasteiger partial charge in [-0.15, -0.1) is 0 Å². The largest absolute Gasteiger partial charge is 0.416 e. The summed E-state index contributed by atoms with van der Waals surface area (Å²) in [5.41, 5.74) is 0.414. The van der Waals surface area contributed by atoms with E-state index in [2.05, 4.69) is 4.98 Å². The van der Waals surface area contributed by atoms with Crippen LogP contribution >= 0.6 is 11.6 Å². The SMILES string of the molecule is N#Cc1ncc(N2C3[C@@H]4C[C@]34C[C@@H]2[C@H](O)C(F)(F)F)cc1Cl. The number of aromatic nitrogens is 1. The average molecular weight is 330 g/mol. The molecule has 0 amide bonds. The quantitative estimate of drug-likeness (QED) is 0.905. The van der Waals surface area contributed by atoms with Crippen molar-refractivity contribution in [3.63, 3.8) is 0 Å². The molecule has 5 atom stereocenters. The molecule has 1 aromatic heterocycles. The lowest BCUT2D eigenvalue weighted by Crippen LogP contribution is -2.49. The minimum atomic E-state index is -4.66. The van der Waals surface area contributed by atoms with Crippen molar-refractivity contribution in [3.8, 4) is 6.07 Å². The van der Waals surface area contributed by atoms with Gasteiger partial charge in [0.1, 0.15) is 6.07 Å². The van der Waals surface area contributed by atoms with Crippen LogP contribution in [0.1, 0.15) is 18.5 Å². The minimum absolute atomic E-state index is 0.0281. The van der Waals surface area contributed by atoms with E-state index < -0.39 is 18.3 Å². The maximum Gasteiger partial charge on any atom is 0.416 e. The van der Waals surface area contributed by atoms with Gasteiger partial charge in [-0.3, -0.25) is 0 Å². The lowest BCUT2D eigenvalue weighted by atomic mass is 10.0. The Labute approximate surface area is 129 Å². The lowest BCUT2D eigenvalue weighted by Gasteiger charge is -2.34. The third kappa shape index (κ3) is 1.71. The van der Waals surface area contributed by atoms with Crippen molar-refractivity contribution in [1.29, 1.82) is 5.26 Å². The smallest absolute Gasteiger partial charge is 0.382 e. The monoisotopic (exact) mass is 329 g/mol.